The molecule has 0 saturated carbocycles. The molecule has 2 rings (SSSR count). The molecule has 1 amide bonds. The molecule has 1 heterocycles. The number of hydrogen-bond acceptors (Lipinski definition) is 2. The van der Waals surface area contributed by atoms with Gasteiger partial charge in [0.05, 0.1) is 12.5 Å². The molecule has 1 fully saturated rings. The SMILES string of the molecule is O=C(CC1CCCO1)Nc1ccc(F)c(F)c1. The third kappa shape index (κ3) is 3.23. The van der Waals surface area contributed by atoms with Gasteiger partial charge >= 0.3 is 0 Å². The van der Waals surface area contributed by atoms with E-state index in [1.807, 2.05) is 0 Å². The maximum absolute atomic E-state index is 12.9. The van der Waals surface area contributed by atoms with Crippen LogP contribution in [0.5, 0.6) is 0 Å². The van der Waals surface area contributed by atoms with Gasteiger partial charge < -0.3 is 10.1 Å². The normalized spacial score (nSPS) is 19.3. The maximum Gasteiger partial charge on any atom is 0.226 e. The second-order valence-corrected chi connectivity index (χ2v) is 4.02. The van der Waals surface area contributed by atoms with Crippen LogP contribution in [0.25, 0.3) is 0 Å². The van der Waals surface area contributed by atoms with Gasteiger partial charge in [0, 0.05) is 18.4 Å². The standard InChI is InChI=1S/C12H13F2NO2/c13-10-4-3-8(6-11(10)14)15-12(16)7-9-2-1-5-17-9/h3-4,6,9H,1-2,5,7H2,(H,15,16). The van der Waals surface area contributed by atoms with Gasteiger partial charge in [0.15, 0.2) is 11.6 Å². The van der Waals surface area contributed by atoms with E-state index in [1.54, 1.807) is 0 Å². The molecule has 1 saturated heterocycles. The fourth-order valence-corrected chi connectivity index (χ4v) is 1.80. The van der Waals surface area contributed by atoms with Gasteiger partial charge in [0.1, 0.15) is 0 Å². The zero-order chi connectivity index (χ0) is 12.3. The van der Waals surface area contributed by atoms with Crippen molar-refractivity contribution in [3.05, 3.63) is 29.8 Å². The number of amides is 1. The van der Waals surface area contributed by atoms with Crippen LogP contribution in [0.2, 0.25) is 0 Å². The zero-order valence-corrected chi connectivity index (χ0v) is 9.21. The first-order valence-corrected chi connectivity index (χ1v) is 5.51. The summed E-state index contributed by atoms with van der Waals surface area (Å²) < 4.78 is 30.8. The third-order valence-electron chi connectivity index (χ3n) is 2.64. The van der Waals surface area contributed by atoms with Gasteiger partial charge in [-0.3, -0.25) is 4.79 Å². The topological polar surface area (TPSA) is 38.3 Å². The summed E-state index contributed by atoms with van der Waals surface area (Å²) in [6.07, 6.45) is 2.02. The lowest BCUT2D eigenvalue weighted by Gasteiger charge is -2.09. The molecule has 1 unspecified atom stereocenters. The Bertz CT molecular complexity index is 417. The van der Waals surface area contributed by atoms with E-state index in [9.17, 15) is 13.6 Å². The van der Waals surface area contributed by atoms with Gasteiger partial charge in [-0.2, -0.15) is 0 Å². The van der Waals surface area contributed by atoms with Gasteiger partial charge in [-0.25, -0.2) is 8.78 Å². The molecule has 5 heteroatoms. The fraction of sp³-hybridized carbons (Fsp3) is 0.417. The van der Waals surface area contributed by atoms with Crippen molar-refractivity contribution in [3.8, 4) is 0 Å². The molecule has 3 nitrogen and oxygen atoms in total. The van der Waals surface area contributed by atoms with Crippen LogP contribution in [0.4, 0.5) is 14.5 Å². The highest BCUT2D eigenvalue weighted by molar-refractivity contribution is 5.91. The molecule has 92 valence electrons. The minimum Gasteiger partial charge on any atom is -0.378 e. The number of benzene rings is 1. The number of halogens is 2. The van der Waals surface area contributed by atoms with Gasteiger partial charge in [-0.05, 0) is 25.0 Å². The number of carbonyl (C=O) groups is 1. The number of anilines is 1. The lowest BCUT2D eigenvalue weighted by Crippen LogP contribution is -2.19. The summed E-state index contributed by atoms with van der Waals surface area (Å²) in [6, 6.07) is 3.27. The summed E-state index contributed by atoms with van der Waals surface area (Å²) >= 11 is 0. The van der Waals surface area contributed by atoms with Crippen LogP contribution in [-0.4, -0.2) is 18.6 Å². The molecule has 0 radical (unpaired) electrons. The van der Waals surface area contributed by atoms with Crippen molar-refractivity contribution in [1.82, 2.24) is 0 Å². The highest BCUT2D eigenvalue weighted by atomic mass is 19.2. The Labute approximate surface area is 97.8 Å². The van der Waals surface area contributed by atoms with Gasteiger partial charge in [-0.1, -0.05) is 0 Å². The smallest absolute Gasteiger partial charge is 0.226 e. The molecule has 1 aromatic carbocycles. The van der Waals surface area contributed by atoms with Gasteiger partial charge in [-0.15, -0.1) is 0 Å². The van der Waals surface area contributed by atoms with E-state index in [4.69, 9.17) is 4.74 Å². The lowest BCUT2D eigenvalue weighted by atomic mass is 10.2. The van der Waals surface area contributed by atoms with Crippen molar-refractivity contribution >= 4 is 11.6 Å². The molecule has 1 aliphatic heterocycles. The van der Waals surface area contributed by atoms with E-state index in [0.29, 0.717) is 6.61 Å². The van der Waals surface area contributed by atoms with E-state index in [0.717, 1.165) is 25.0 Å². The Morgan fingerprint density at radius 2 is 2.24 bits per heavy atom. The van der Waals surface area contributed by atoms with E-state index in [-0.39, 0.29) is 24.1 Å². The van der Waals surface area contributed by atoms with Crippen molar-refractivity contribution < 1.29 is 18.3 Å². The largest absolute Gasteiger partial charge is 0.378 e. The quantitative estimate of drug-likeness (QED) is 0.882. The lowest BCUT2D eigenvalue weighted by molar-refractivity contribution is -0.118. The summed E-state index contributed by atoms with van der Waals surface area (Å²) in [7, 11) is 0. The number of ether oxygens (including phenoxy) is 1. The molecular formula is C12H13F2NO2. The van der Waals surface area contributed by atoms with Crippen LogP contribution in [0.3, 0.4) is 0 Å². The van der Waals surface area contributed by atoms with E-state index in [1.165, 1.54) is 6.07 Å². The summed E-state index contributed by atoms with van der Waals surface area (Å²) in [5.41, 5.74) is 0.256. The molecule has 0 spiro atoms. The molecule has 1 aliphatic rings. The van der Waals surface area contributed by atoms with Crippen molar-refractivity contribution in [3.63, 3.8) is 0 Å². The number of rotatable bonds is 3. The Kier molecular flexibility index (Phi) is 3.68. The van der Waals surface area contributed by atoms with E-state index >= 15 is 0 Å². The average molecular weight is 241 g/mol. The highest BCUT2D eigenvalue weighted by Crippen LogP contribution is 2.17. The predicted octanol–water partition coefficient (Wildman–Crippen LogP) is 2.47. The number of hydrogen-bond donors (Lipinski definition) is 1. The maximum atomic E-state index is 12.9. The first-order valence-electron chi connectivity index (χ1n) is 5.51. The Hall–Kier alpha value is -1.49. The summed E-state index contributed by atoms with van der Waals surface area (Å²) in [6.45, 7) is 0.684. The van der Waals surface area contributed by atoms with Crippen molar-refractivity contribution in [2.45, 2.75) is 25.4 Å². The van der Waals surface area contributed by atoms with Crippen LogP contribution in [-0.2, 0) is 9.53 Å². The second-order valence-electron chi connectivity index (χ2n) is 4.02. The van der Waals surface area contributed by atoms with Crippen molar-refractivity contribution in [1.29, 1.82) is 0 Å². The van der Waals surface area contributed by atoms with Gasteiger partial charge in [0.25, 0.3) is 0 Å². The van der Waals surface area contributed by atoms with E-state index in [2.05, 4.69) is 5.32 Å². The van der Waals surface area contributed by atoms with Crippen LogP contribution >= 0.6 is 0 Å². The minimum absolute atomic E-state index is 0.0553. The van der Waals surface area contributed by atoms with Crippen LogP contribution in [0.15, 0.2) is 18.2 Å². The first kappa shape index (κ1) is 12.0. The van der Waals surface area contributed by atoms with E-state index < -0.39 is 11.6 Å². The highest BCUT2D eigenvalue weighted by Gasteiger charge is 2.19. The molecule has 0 bridgehead atoms. The monoisotopic (exact) mass is 241 g/mol. The minimum atomic E-state index is -0.972. The predicted molar refractivity (Wildman–Crippen MR) is 58.6 cm³/mol. The van der Waals surface area contributed by atoms with Crippen LogP contribution in [0, 0.1) is 11.6 Å². The zero-order valence-electron chi connectivity index (χ0n) is 9.21. The molecule has 1 atom stereocenters. The summed E-state index contributed by atoms with van der Waals surface area (Å²) in [5, 5.41) is 2.51. The summed E-state index contributed by atoms with van der Waals surface area (Å²) in [4.78, 5) is 11.6. The first-order chi connectivity index (χ1) is 8.15. The third-order valence-corrected chi connectivity index (χ3v) is 2.64. The second kappa shape index (κ2) is 5.23. The van der Waals surface area contributed by atoms with Crippen LogP contribution < -0.4 is 5.32 Å². The Morgan fingerprint density at radius 1 is 1.41 bits per heavy atom. The fourth-order valence-electron chi connectivity index (χ4n) is 1.80. The Balaban J connectivity index is 1.90. The van der Waals surface area contributed by atoms with Crippen LogP contribution in [0.1, 0.15) is 19.3 Å². The van der Waals surface area contributed by atoms with Gasteiger partial charge in [0.2, 0.25) is 5.91 Å². The summed E-state index contributed by atoms with van der Waals surface area (Å²) in [5.74, 6) is -2.15. The molecule has 0 aliphatic carbocycles. The number of nitrogens with one attached hydrogen (secondary N) is 1. The molecule has 17 heavy (non-hydrogen) atoms. The molecular weight excluding hydrogens is 228 g/mol. The molecule has 1 N–H and O–H groups in total. The molecule has 0 aromatic heterocycles. The van der Waals surface area contributed by atoms with Crippen molar-refractivity contribution in [2.24, 2.45) is 0 Å². The average Bonchev–Trinajstić information content (AvgIpc) is 2.76. The number of carbonyl (C=O) groups excluding carboxylic acids is 1. The molecule has 1 aromatic rings. The Morgan fingerprint density at radius 3 is 2.88 bits per heavy atom. The van der Waals surface area contributed by atoms with Crippen molar-refractivity contribution in [2.75, 3.05) is 11.9 Å².